The van der Waals surface area contributed by atoms with E-state index in [1.807, 2.05) is 6.20 Å². The number of aromatic amines is 1. The minimum atomic E-state index is 0.172. The third-order valence-corrected chi connectivity index (χ3v) is 4.02. The minimum absolute atomic E-state index is 0.172. The Hall–Kier alpha value is -1.32. The lowest BCUT2D eigenvalue weighted by Crippen LogP contribution is -2.36. The number of aryl methyl sites for hydroxylation is 1. The van der Waals surface area contributed by atoms with E-state index in [0.717, 1.165) is 38.1 Å². The van der Waals surface area contributed by atoms with Crippen molar-refractivity contribution in [2.75, 3.05) is 6.54 Å². The summed E-state index contributed by atoms with van der Waals surface area (Å²) in [5, 5.41) is 3.06. The number of rotatable bonds is 5. The van der Waals surface area contributed by atoms with Gasteiger partial charge in [0.2, 0.25) is 5.91 Å². The highest BCUT2D eigenvalue weighted by atomic mass is 16.1. The van der Waals surface area contributed by atoms with Crippen molar-refractivity contribution in [2.24, 2.45) is 11.3 Å². The molecular formula is C14H23N3O. The van der Waals surface area contributed by atoms with E-state index < -0.39 is 0 Å². The van der Waals surface area contributed by atoms with Gasteiger partial charge >= 0.3 is 0 Å². The van der Waals surface area contributed by atoms with E-state index in [1.54, 1.807) is 6.20 Å². The normalized spacial score (nSPS) is 22.0. The SMILES string of the molecule is CC1(C)CCCC1C(=O)NCCCc1ncc[nH]1. The first kappa shape index (κ1) is 13.1. The molecule has 0 spiro atoms. The molecule has 2 rings (SSSR count). The molecule has 4 heteroatoms. The Morgan fingerprint density at radius 2 is 2.44 bits per heavy atom. The quantitative estimate of drug-likeness (QED) is 0.787. The Kier molecular flexibility index (Phi) is 4.04. The van der Waals surface area contributed by atoms with Crippen molar-refractivity contribution in [1.82, 2.24) is 15.3 Å². The van der Waals surface area contributed by atoms with E-state index in [4.69, 9.17) is 0 Å². The van der Waals surface area contributed by atoms with Crippen LogP contribution in [-0.4, -0.2) is 22.4 Å². The molecule has 18 heavy (non-hydrogen) atoms. The van der Waals surface area contributed by atoms with Crippen LogP contribution in [0.25, 0.3) is 0 Å². The lowest BCUT2D eigenvalue weighted by molar-refractivity contribution is -0.127. The van der Waals surface area contributed by atoms with Gasteiger partial charge in [-0.2, -0.15) is 0 Å². The van der Waals surface area contributed by atoms with Gasteiger partial charge in [0.1, 0.15) is 5.82 Å². The van der Waals surface area contributed by atoms with Crippen LogP contribution in [0, 0.1) is 11.3 Å². The van der Waals surface area contributed by atoms with Crippen LogP contribution in [0.5, 0.6) is 0 Å². The molecule has 1 unspecified atom stereocenters. The summed E-state index contributed by atoms with van der Waals surface area (Å²) in [5.41, 5.74) is 0.172. The zero-order valence-corrected chi connectivity index (χ0v) is 11.3. The first-order chi connectivity index (χ1) is 8.59. The summed E-state index contributed by atoms with van der Waals surface area (Å²) in [6.45, 7) is 5.15. The second-order valence-electron chi connectivity index (χ2n) is 5.86. The largest absolute Gasteiger partial charge is 0.356 e. The third-order valence-electron chi connectivity index (χ3n) is 4.02. The third kappa shape index (κ3) is 3.12. The predicted octanol–water partition coefficient (Wildman–Crippen LogP) is 2.28. The van der Waals surface area contributed by atoms with E-state index in [2.05, 4.69) is 29.1 Å². The van der Waals surface area contributed by atoms with Gasteiger partial charge in [0.25, 0.3) is 0 Å². The summed E-state index contributed by atoms with van der Waals surface area (Å²) in [5.74, 6) is 1.42. The average molecular weight is 249 g/mol. The second kappa shape index (κ2) is 5.55. The van der Waals surface area contributed by atoms with Gasteiger partial charge in [0, 0.05) is 31.3 Å². The fourth-order valence-corrected chi connectivity index (χ4v) is 2.84. The molecule has 1 amide bonds. The summed E-state index contributed by atoms with van der Waals surface area (Å²) < 4.78 is 0. The van der Waals surface area contributed by atoms with Crippen LogP contribution in [0.1, 0.15) is 45.4 Å². The van der Waals surface area contributed by atoms with Gasteiger partial charge in [-0.15, -0.1) is 0 Å². The Labute approximate surface area is 109 Å². The Balaban J connectivity index is 1.69. The van der Waals surface area contributed by atoms with Crippen molar-refractivity contribution in [3.8, 4) is 0 Å². The van der Waals surface area contributed by atoms with Crippen LogP contribution >= 0.6 is 0 Å². The van der Waals surface area contributed by atoms with Crippen LogP contribution in [0.2, 0.25) is 0 Å². The molecular weight excluding hydrogens is 226 g/mol. The highest BCUT2D eigenvalue weighted by molar-refractivity contribution is 5.79. The monoisotopic (exact) mass is 249 g/mol. The van der Waals surface area contributed by atoms with Crippen molar-refractivity contribution >= 4 is 5.91 Å². The van der Waals surface area contributed by atoms with E-state index >= 15 is 0 Å². The van der Waals surface area contributed by atoms with Crippen molar-refractivity contribution < 1.29 is 4.79 Å². The number of nitrogens with zero attached hydrogens (tertiary/aromatic N) is 1. The Bertz CT molecular complexity index is 384. The van der Waals surface area contributed by atoms with E-state index in [9.17, 15) is 4.79 Å². The number of carbonyl (C=O) groups excluding carboxylic acids is 1. The molecule has 0 bridgehead atoms. The predicted molar refractivity (Wildman–Crippen MR) is 71.0 cm³/mol. The Morgan fingerprint density at radius 1 is 1.61 bits per heavy atom. The van der Waals surface area contributed by atoms with Gasteiger partial charge in [-0.05, 0) is 24.7 Å². The van der Waals surface area contributed by atoms with Gasteiger partial charge < -0.3 is 10.3 Å². The summed E-state index contributed by atoms with van der Waals surface area (Å²) in [7, 11) is 0. The maximum Gasteiger partial charge on any atom is 0.223 e. The molecule has 1 atom stereocenters. The maximum absolute atomic E-state index is 12.1. The number of H-pyrrole nitrogens is 1. The minimum Gasteiger partial charge on any atom is -0.356 e. The topological polar surface area (TPSA) is 57.8 Å². The lowest BCUT2D eigenvalue weighted by atomic mass is 9.81. The molecule has 0 aromatic carbocycles. The van der Waals surface area contributed by atoms with E-state index in [1.165, 1.54) is 6.42 Å². The number of hydrogen-bond acceptors (Lipinski definition) is 2. The zero-order valence-electron chi connectivity index (χ0n) is 11.3. The van der Waals surface area contributed by atoms with E-state index in [0.29, 0.717) is 0 Å². The molecule has 2 N–H and O–H groups in total. The van der Waals surface area contributed by atoms with Gasteiger partial charge in [-0.1, -0.05) is 20.3 Å². The molecule has 1 fully saturated rings. The number of carbonyl (C=O) groups is 1. The molecule has 1 heterocycles. The van der Waals surface area contributed by atoms with Gasteiger partial charge in [0.05, 0.1) is 0 Å². The number of imidazole rings is 1. The van der Waals surface area contributed by atoms with Gasteiger partial charge in [-0.3, -0.25) is 4.79 Å². The Morgan fingerprint density at radius 3 is 3.06 bits per heavy atom. The summed E-state index contributed by atoms with van der Waals surface area (Å²) in [4.78, 5) is 19.3. The van der Waals surface area contributed by atoms with Gasteiger partial charge in [0.15, 0.2) is 0 Å². The van der Waals surface area contributed by atoms with Gasteiger partial charge in [-0.25, -0.2) is 4.98 Å². The molecule has 0 aliphatic heterocycles. The van der Waals surface area contributed by atoms with Crippen molar-refractivity contribution in [2.45, 2.75) is 46.0 Å². The molecule has 0 radical (unpaired) electrons. The fourth-order valence-electron chi connectivity index (χ4n) is 2.84. The smallest absolute Gasteiger partial charge is 0.223 e. The van der Waals surface area contributed by atoms with Crippen LogP contribution in [-0.2, 0) is 11.2 Å². The zero-order chi connectivity index (χ0) is 13.0. The maximum atomic E-state index is 12.1. The summed E-state index contributed by atoms with van der Waals surface area (Å²) >= 11 is 0. The summed E-state index contributed by atoms with van der Waals surface area (Å²) in [6, 6.07) is 0. The fraction of sp³-hybridized carbons (Fsp3) is 0.714. The number of hydrogen-bond donors (Lipinski definition) is 2. The first-order valence-corrected chi connectivity index (χ1v) is 6.85. The van der Waals surface area contributed by atoms with Crippen LogP contribution in [0.3, 0.4) is 0 Å². The molecule has 4 nitrogen and oxygen atoms in total. The van der Waals surface area contributed by atoms with Crippen LogP contribution < -0.4 is 5.32 Å². The van der Waals surface area contributed by atoms with Crippen molar-refractivity contribution in [3.05, 3.63) is 18.2 Å². The van der Waals surface area contributed by atoms with Crippen molar-refractivity contribution in [3.63, 3.8) is 0 Å². The summed E-state index contributed by atoms with van der Waals surface area (Å²) in [6.07, 6.45) is 8.80. The molecule has 1 aliphatic rings. The highest BCUT2D eigenvalue weighted by Gasteiger charge is 2.38. The van der Waals surface area contributed by atoms with E-state index in [-0.39, 0.29) is 17.2 Å². The standard InChI is InChI=1S/C14H23N3O/c1-14(2)7-3-5-11(14)13(18)17-8-4-6-12-15-9-10-16-12/h9-11H,3-8H2,1-2H3,(H,15,16)(H,17,18). The molecule has 1 aromatic heterocycles. The molecule has 0 saturated heterocycles. The molecule has 1 aromatic rings. The second-order valence-corrected chi connectivity index (χ2v) is 5.86. The van der Waals surface area contributed by atoms with Crippen LogP contribution in [0.4, 0.5) is 0 Å². The highest BCUT2D eigenvalue weighted by Crippen LogP contribution is 2.42. The molecule has 1 saturated carbocycles. The van der Waals surface area contributed by atoms with Crippen LogP contribution in [0.15, 0.2) is 12.4 Å². The number of nitrogens with one attached hydrogen (secondary N) is 2. The molecule has 100 valence electrons. The lowest BCUT2D eigenvalue weighted by Gasteiger charge is -2.25. The van der Waals surface area contributed by atoms with Crippen molar-refractivity contribution in [1.29, 1.82) is 0 Å². The average Bonchev–Trinajstić information content (AvgIpc) is 2.93. The first-order valence-electron chi connectivity index (χ1n) is 6.85. The number of amides is 1. The number of aromatic nitrogens is 2. The molecule has 1 aliphatic carbocycles.